The summed E-state index contributed by atoms with van der Waals surface area (Å²) in [4.78, 5) is 2.53. The van der Waals surface area contributed by atoms with Gasteiger partial charge in [0.2, 0.25) is 0 Å². The summed E-state index contributed by atoms with van der Waals surface area (Å²) >= 11 is 0. The highest BCUT2D eigenvalue weighted by Gasteiger charge is 2.33. The molecule has 1 unspecified atom stereocenters. The monoisotopic (exact) mass is 338 g/mol. The van der Waals surface area contributed by atoms with Gasteiger partial charge >= 0.3 is 0 Å². The van der Waals surface area contributed by atoms with Crippen molar-refractivity contribution in [2.45, 2.75) is 64.6 Å². The molecule has 1 saturated heterocycles. The van der Waals surface area contributed by atoms with Gasteiger partial charge < -0.3 is 10.5 Å². The predicted octanol–water partition coefficient (Wildman–Crippen LogP) is 3.99. The van der Waals surface area contributed by atoms with Crippen LogP contribution in [0.4, 0.5) is 0 Å². The van der Waals surface area contributed by atoms with Crippen LogP contribution >= 0.6 is 12.4 Å². The van der Waals surface area contributed by atoms with Crippen LogP contribution < -0.4 is 10.5 Å². The van der Waals surface area contributed by atoms with Crippen molar-refractivity contribution in [2.75, 3.05) is 13.1 Å². The number of rotatable bonds is 4. The molecule has 1 aliphatic carbocycles. The van der Waals surface area contributed by atoms with Gasteiger partial charge in [-0.3, -0.25) is 4.90 Å². The molecule has 0 aromatic heterocycles. The first-order valence-corrected chi connectivity index (χ1v) is 8.76. The Hall–Kier alpha value is -0.770. The zero-order chi connectivity index (χ0) is 15.6. The first kappa shape index (κ1) is 18.6. The molecule has 1 aliphatic heterocycles. The van der Waals surface area contributed by atoms with Crippen LogP contribution in [0.15, 0.2) is 24.3 Å². The summed E-state index contributed by atoms with van der Waals surface area (Å²) in [5, 5.41) is 0. The number of benzene rings is 1. The maximum atomic E-state index is 6.24. The maximum Gasteiger partial charge on any atom is 0.120 e. The van der Waals surface area contributed by atoms with Crippen LogP contribution in [0.25, 0.3) is 0 Å². The summed E-state index contributed by atoms with van der Waals surface area (Å²) in [7, 11) is 0. The SMILES string of the molecule is CC1(C)CN(Cc2cccc(OC3CCCC3)c2)CCC1N.Cl. The molecule has 1 heterocycles. The van der Waals surface area contributed by atoms with Crippen molar-refractivity contribution in [3.05, 3.63) is 29.8 Å². The Morgan fingerprint density at radius 3 is 2.65 bits per heavy atom. The number of ether oxygens (including phenoxy) is 1. The molecule has 1 saturated carbocycles. The number of hydrogen-bond donors (Lipinski definition) is 1. The highest BCUT2D eigenvalue weighted by Crippen LogP contribution is 2.29. The van der Waals surface area contributed by atoms with E-state index in [9.17, 15) is 0 Å². The van der Waals surface area contributed by atoms with E-state index < -0.39 is 0 Å². The number of piperidine rings is 1. The highest BCUT2D eigenvalue weighted by molar-refractivity contribution is 5.85. The molecule has 0 bridgehead atoms. The van der Waals surface area contributed by atoms with Gasteiger partial charge in [-0.1, -0.05) is 26.0 Å². The molecule has 2 aliphatic rings. The van der Waals surface area contributed by atoms with Crippen LogP contribution in [0.2, 0.25) is 0 Å². The van der Waals surface area contributed by atoms with E-state index in [4.69, 9.17) is 10.5 Å². The van der Waals surface area contributed by atoms with Gasteiger partial charge in [0.05, 0.1) is 6.10 Å². The van der Waals surface area contributed by atoms with Crippen molar-refractivity contribution in [3.63, 3.8) is 0 Å². The van der Waals surface area contributed by atoms with Crippen LogP contribution in [-0.2, 0) is 6.54 Å². The lowest BCUT2D eigenvalue weighted by atomic mass is 9.79. The van der Waals surface area contributed by atoms with Gasteiger partial charge in [0, 0.05) is 25.7 Å². The summed E-state index contributed by atoms with van der Waals surface area (Å²) in [6.45, 7) is 7.73. The molecule has 1 aromatic rings. The average molecular weight is 339 g/mol. The molecule has 0 amide bonds. The van der Waals surface area contributed by atoms with Crippen LogP contribution in [0, 0.1) is 5.41 Å². The molecule has 130 valence electrons. The number of halogens is 1. The number of nitrogens with two attached hydrogens (primary N) is 1. The summed E-state index contributed by atoms with van der Waals surface area (Å²) in [5.41, 5.74) is 7.79. The van der Waals surface area contributed by atoms with E-state index in [-0.39, 0.29) is 17.8 Å². The third-order valence-corrected chi connectivity index (χ3v) is 5.30. The first-order chi connectivity index (χ1) is 10.5. The van der Waals surface area contributed by atoms with E-state index in [1.54, 1.807) is 0 Å². The Morgan fingerprint density at radius 2 is 1.96 bits per heavy atom. The lowest BCUT2D eigenvalue weighted by Gasteiger charge is -2.42. The van der Waals surface area contributed by atoms with Gasteiger partial charge in [-0.05, 0) is 55.2 Å². The summed E-state index contributed by atoms with van der Waals surface area (Å²) < 4.78 is 6.12. The van der Waals surface area contributed by atoms with Gasteiger partial charge in [0.15, 0.2) is 0 Å². The fraction of sp³-hybridized carbons (Fsp3) is 0.684. The Bertz CT molecular complexity index is 500. The third-order valence-electron chi connectivity index (χ3n) is 5.30. The van der Waals surface area contributed by atoms with Crippen LogP contribution in [0.1, 0.15) is 51.5 Å². The average Bonchev–Trinajstić information content (AvgIpc) is 2.96. The second-order valence-corrected chi connectivity index (χ2v) is 7.77. The first-order valence-electron chi connectivity index (χ1n) is 8.76. The van der Waals surface area contributed by atoms with E-state index in [2.05, 4.69) is 43.0 Å². The Balaban J connectivity index is 0.00000192. The van der Waals surface area contributed by atoms with Gasteiger partial charge in [-0.2, -0.15) is 0 Å². The molecule has 4 heteroatoms. The fourth-order valence-electron chi connectivity index (χ4n) is 3.79. The Kier molecular flexibility index (Phi) is 6.35. The minimum atomic E-state index is 0. The van der Waals surface area contributed by atoms with Crippen LogP contribution in [-0.4, -0.2) is 30.1 Å². The van der Waals surface area contributed by atoms with Crippen molar-refractivity contribution in [1.82, 2.24) is 4.90 Å². The molecule has 1 atom stereocenters. The largest absolute Gasteiger partial charge is 0.490 e. The summed E-state index contributed by atoms with van der Waals surface area (Å²) in [5.74, 6) is 1.04. The molecular weight excluding hydrogens is 308 g/mol. The minimum absolute atomic E-state index is 0. The topological polar surface area (TPSA) is 38.5 Å². The standard InChI is InChI=1S/C19H30N2O.ClH/c1-19(2)14-21(11-10-18(19)20)13-15-6-5-9-17(12-15)22-16-7-3-4-8-16;/h5-6,9,12,16,18H,3-4,7-8,10-11,13-14,20H2,1-2H3;1H. The molecule has 23 heavy (non-hydrogen) atoms. The molecule has 0 spiro atoms. The van der Waals surface area contributed by atoms with E-state index in [0.717, 1.165) is 31.8 Å². The summed E-state index contributed by atoms with van der Waals surface area (Å²) in [6.07, 6.45) is 6.57. The zero-order valence-corrected chi connectivity index (χ0v) is 15.3. The lowest BCUT2D eigenvalue weighted by molar-refractivity contribution is 0.0898. The van der Waals surface area contributed by atoms with E-state index in [0.29, 0.717) is 12.1 Å². The molecule has 3 rings (SSSR count). The quantitative estimate of drug-likeness (QED) is 0.902. The molecule has 2 N–H and O–H groups in total. The number of hydrogen-bond acceptors (Lipinski definition) is 3. The number of nitrogens with zero attached hydrogens (tertiary/aromatic N) is 1. The molecule has 1 aromatic carbocycles. The molecular formula is C19H31ClN2O. The van der Waals surface area contributed by atoms with Gasteiger partial charge in [-0.25, -0.2) is 0 Å². The second-order valence-electron chi connectivity index (χ2n) is 7.77. The molecule has 2 fully saturated rings. The smallest absolute Gasteiger partial charge is 0.120 e. The normalized spacial score (nSPS) is 25.1. The van der Waals surface area contributed by atoms with Crippen molar-refractivity contribution in [2.24, 2.45) is 11.1 Å². The van der Waals surface area contributed by atoms with Crippen LogP contribution in [0.3, 0.4) is 0 Å². The van der Waals surface area contributed by atoms with Crippen molar-refractivity contribution in [3.8, 4) is 5.75 Å². The molecule has 0 radical (unpaired) electrons. The van der Waals surface area contributed by atoms with E-state index in [1.165, 1.54) is 31.2 Å². The van der Waals surface area contributed by atoms with Gasteiger partial charge in [0.1, 0.15) is 5.75 Å². The van der Waals surface area contributed by atoms with Crippen LogP contribution in [0.5, 0.6) is 5.75 Å². The predicted molar refractivity (Wildman–Crippen MR) is 98.2 cm³/mol. The Labute approximate surface area is 147 Å². The van der Waals surface area contributed by atoms with Crippen molar-refractivity contribution in [1.29, 1.82) is 0 Å². The van der Waals surface area contributed by atoms with E-state index >= 15 is 0 Å². The van der Waals surface area contributed by atoms with Crippen molar-refractivity contribution >= 4 is 12.4 Å². The second kappa shape index (κ2) is 7.87. The third kappa shape index (κ3) is 4.85. The summed E-state index contributed by atoms with van der Waals surface area (Å²) in [6, 6.07) is 8.97. The lowest BCUT2D eigenvalue weighted by Crippen LogP contribution is -2.52. The zero-order valence-electron chi connectivity index (χ0n) is 14.5. The number of likely N-dealkylation sites (tertiary alicyclic amines) is 1. The molecule has 3 nitrogen and oxygen atoms in total. The van der Waals surface area contributed by atoms with Crippen molar-refractivity contribution < 1.29 is 4.74 Å². The highest BCUT2D eigenvalue weighted by atomic mass is 35.5. The minimum Gasteiger partial charge on any atom is -0.490 e. The van der Waals surface area contributed by atoms with Gasteiger partial charge in [-0.15, -0.1) is 12.4 Å². The van der Waals surface area contributed by atoms with E-state index in [1.807, 2.05) is 0 Å². The Morgan fingerprint density at radius 1 is 1.22 bits per heavy atom. The van der Waals surface area contributed by atoms with Gasteiger partial charge in [0.25, 0.3) is 0 Å². The maximum absolute atomic E-state index is 6.24. The fourth-order valence-corrected chi connectivity index (χ4v) is 3.79.